The van der Waals surface area contributed by atoms with E-state index in [-0.39, 0.29) is 0 Å². The van der Waals surface area contributed by atoms with Gasteiger partial charge in [-0.2, -0.15) is 0 Å². The minimum Gasteiger partial charge on any atom is -0.316 e. The average molecular weight is 473 g/mol. The van der Waals surface area contributed by atoms with Crippen molar-refractivity contribution in [3.05, 3.63) is 50.7 Å². The number of imidazole rings is 1. The first kappa shape index (κ1) is 21.8. The number of hydrogen-bond donors (Lipinski definition) is 2. The lowest BCUT2D eigenvalue weighted by Gasteiger charge is -2.05. The highest BCUT2D eigenvalue weighted by atomic mass is 32.2. The Labute approximate surface area is 190 Å². The predicted octanol–water partition coefficient (Wildman–Crippen LogP) is 2.18. The summed E-state index contributed by atoms with van der Waals surface area (Å²) >= 11 is 2.36. The first-order valence-corrected chi connectivity index (χ1v) is 11.2. The molecule has 11 nitrogen and oxygen atoms in total. The van der Waals surface area contributed by atoms with Crippen LogP contribution in [0.4, 0.5) is 15.6 Å². The quantitative estimate of drug-likeness (QED) is 0.426. The van der Waals surface area contributed by atoms with Crippen LogP contribution in [0, 0.1) is 0 Å². The van der Waals surface area contributed by atoms with Crippen molar-refractivity contribution in [2.75, 3.05) is 10.6 Å². The van der Waals surface area contributed by atoms with Gasteiger partial charge in [-0.1, -0.05) is 30.4 Å². The number of hydrogen-bond acceptors (Lipinski definition) is 8. The van der Waals surface area contributed by atoms with Gasteiger partial charge in [0, 0.05) is 26.8 Å². The fourth-order valence-corrected chi connectivity index (χ4v) is 4.75. The molecule has 1 aromatic carbocycles. The molecule has 0 fully saturated rings. The van der Waals surface area contributed by atoms with Gasteiger partial charge in [0.2, 0.25) is 5.13 Å². The minimum absolute atomic E-state index is 0.291. The highest BCUT2D eigenvalue weighted by Gasteiger charge is 2.19. The molecule has 0 aliphatic heterocycles. The molecular formula is C19H20N8O3S2. The number of fused-ring (bicyclic) bond motifs is 1. The SMILES string of the molecule is CCc1ccc(NC(=O)Nc2nnc(Sc3nc4c(c(=O)n(C)c(=O)n4C)n3C)s2)cc1. The first-order chi connectivity index (χ1) is 15.3. The summed E-state index contributed by atoms with van der Waals surface area (Å²) in [5.41, 5.74) is 1.59. The number of carbonyl (C=O) groups excluding carboxylic acids is 1. The van der Waals surface area contributed by atoms with E-state index < -0.39 is 17.3 Å². The van der Waals surface area contributed by atoms with Crippen molar-refractivity contribution in [3.63, 3.8) is 0 Å². The summed E-state index contributed by atoms with van der Waals surface area (Å²) in [4.78, 5) is 41.3. The number of anilines is 2. The zero-order chi connectivity index (χ0) is 23.0. The van der Waals surface area contributed by atoms with Gasteiger partial charge in [0.05, 0.1) is 0 Å². The number of urea groups is 1. The van der Waals surface area contributed by atoms with E-state index in [1.54, 1.807) is 18.7 Å². The normalized spacial score (nSPS) is 11.1. The third-order valence-corrected chi connectivity index (χ3v) is 6.80. The number of benzene rings is 1. The highest BCUT2D eigenvalue weighted by Crippen LogP contribution is 2.32. The molecule has 0 saturated heterocycles. The Bertz CT molecular complexity index is 1430. The summed E-state index contributed by atoms with van der Waals surface area (Å²) in [6, 6.07) is 7.15. The second-order valence-electron chi connectivity index (χ2n) is 6.94. The van der Waals surface area contributed by atoms with E-state index in [0.29, 0.717) is 31.5 Å². The summed E-state index contributed by atoms with van der Waals surface area (Å²) in [7, 11) is 4.68. The van der Waals surface area contributed by atoms with Gasteiger partial charge >= 0.3 is 11.7 Å². The molecule has 166 valence electrons. The molecule has 0 unspecified atom stereocenters. The van der Waals surface area contributed by atoms with Gasteiger partial charge in [-0.15, -0.1) is 10.2 Å². The summed E-state index contributed by atoms with van der Waals surface area (Å²) < 4.78 is 4.50. The lowest BCUT2D eigenvalue weighted by Crippen LogP contribution is -2.37. The number of nitrogens with one attached hydrogen (secondary N) is 2. The maximum Gasteiger partial charge on any atom is 0.332 e. The van der Waals surface area contributed by atoms with Crippen molar-refractivity contribution >= 4 is 51.1 Å². The zero-order valence-corrected chi connectivity index (χ0v) is 19.4. The van der Waals surface area contributed by atoms with Gasteiger partial charge in [0.25, 0.3) is 5.56 Å². The summed E-state index contributed by atoms with van der Waals surface area (Å²) in [5, 5.41) is 14.2. The van der Waals surface area contributed by atoms with Crippen LogP contribution in [0.25, 0.3) is 11.2 Å². The fraction of sp³-hybridized carbons (Fsp3) is 0.263. The van der Waals surface area contributed by atoms with Gasteiger partial charge in [0.15, 0.2) is 20.7 Å². The predicted molar refractivity (Wildman–Crippen MR) is 124 cm³/mol. The molecule has 0 atom stereocenters. The Morgan fingerprint density at radius 2 is 1.75 bits per heavy atom. The van der Waals surface area contributed by atoms with Gasteiger partial charge in [-0.25, -0.2) is 14.6 Å². The molecule has 0 radical (unpaired) electrons. The van der Waals surface area contributed by atoms with Crippen molar-refractivity contribution in [1.29, 1.82) is 0 Å². The van der Waals surface area contributed by atoms with Crippen molar-refractivity contribution in [2.45, 2.75) is 22.8 Å². The van der Waals surface area contributed by atoms with Crippen LogP contribution in [0.15, 0.2) is 43.4 Å². The lowest BCUT2D eigenvalue weighted by atomic mass is 10.1. The standard InChI is InChI=1S/C19H20N8O3S2/c1-5-10-6-8-11(9-7-10)20-15(29)22-16-23-24-18(31-16)32-17-21-13-12(25(17)2)14(28)27(4)19(30)26(13)3/h6-9H,5H2,1-4H3,(H2,20,22,23,29). The van der Waals surface area contributed by atoms with Crippen LogP contribution in [-0.4, -0.2) is 34.9 Å². The van der Waals surface area contributed by atoms with Gasteiger partial charge in [0.1, 0.15) is 0 Å². The molecular weight excluding hydrogens is 452 g/mol. The first-order valence-electron chi connectivity index (χ1n) is 9.59. The summed E-state index contributed by atoms with van der Waals surface area (Å²) in [6.07, 6.45) is 0.925. The Morgan fingerprint density at radius 3 is 2.44 bits per heavy atom. The lowest BCUT2D eigenvalue weighted by molar-refractivity contribution is 0.262. The number of amides is 2. The van der Waals surface area contributed by atoms with Crippen LogP contribution in [0.1, 0.15) is 12.5 Å². The minimum atomic E-state index is -0.449. The van der Waals surface area contributed by atoms with E-state index in [2.05, 4.69) is 32.7 Å². The van der Waals surface area contributed by atoms with Crippen molar-refractivity contribution in [2.24, 2.45) is 21.1 Å². The third-order valence-electron chi connectivity index (χ3n) is 4.86. The van der Waals surface area contributed by atoms with Crippen LogP contribution in [0.5, 0.6) is 0 Å². The van der Waals surface area contributed by atoms with Crippen LogP contribution >= 0.6 is 23.1 Å². The molecule has 0 aliphatic rings. The zero-order valence-electron chi connectivity index (χ0n) is 17.7. The number of aryl methyl sites for hydroxylation is 3. The number of carbonyl (C=O) groups is 1. The summed E-state index contributed by atoms with van der Waals surface area (Å²) in [6.45, 7) is 2.06. The van der Waals surface area contributed by atoms with Crippen LogP contribution < -0.4 is 21.9 Å². The molecule has 2 N–H and O–H groups in total. The molecule has 0 saturated carbocycles. The fourth-order valence-electron chi connectivity index (χ4n) is 3.05. The summed E-state index contributed by atoms with van der Waals surface area (Å²) in [5.74, 6) is 0. The molecule has 4 aromatic rings. The smallest absolute Gasteiger partial charge is 0.316 e. The Morgan fingerprint density at radius 1 is 1.03 bits per heavy atom. The molecule has 13 heteroatoms. The molecule has 3 aromatic heterocycles. The number of nitrogens with zero attached hydrogens (tertiary/aromatic N) is 6. The van der Waals surface area contributed by atoms with E-state index in [0.717, 1.165) is 11.0 Å². The second-order valence-corrected chi connectivity index (χ2v) is 9.13. The van der Waals surface area contributed by atoms with Gasteiger partial charge in [-0.05, 0) is 35.9 Å². The monoisotopic (exact) mass is 472 g/mol. The second kappa shape index (κ2) is 8.59. The van der Waals surface area contributed by atoms with Gasteiger partial charge < -0.3 is 9.88 Å². The van der Waals surface area contributed by atoms with Crippen LogP contribution in [0.3, 0.4) is 0 Å². The Hall–Kier alpha value is -3.45. The third kappa shape index (κ3) is 4.03. The number of aromatic nitrogens is 6. The van der Waals surface area contributed by atoms with Crippen LogP contribution in [-0.2, 0) is 27.6 Å². The molecule has 4 rings (SSSR count). The maximum absolute atomic E-state index is 12.5. The Balaban J connectivity index is 1.50. The van der Waals surface area contributed by atoms with Crippen molar-refractivity contribution in [3.8, 4) is 0 Å². The average Bonchev–Trinajstić information content (AvgIpc) is 3.35. The largest absolute Gasteiger partial charge is 0.332 e. The van der Waals surface area contributed by atoms with E-state index in [4.69, 9.17) is 0 Å². The Kier molecular flexibility index (Phi) is 5.84. The number of rotatable bonds is 5. The molecule has 32 heavy (non-hydrogen) atoms. The van der Waals surface area contributed by atoms with E-state index in [1.807, 2.05) is 24.3 Å². The van der Waals surface area contributed by atoms with Crippen molar-refractivity contribution in [1.82, 2.24) is 28.9 Å². The van der Waals surface area contributed by atoms with E-state index in [9.17, 15) is 14.4 Å². The molecule has 0 bridgehead atoms. The van der Waals surface area contributed by atoms with E-state index >= 15 is 0 Å². The van der Waals surface area contributed by atoms with Crippen LogP contribution in [0.2, 0.25) is 0 Å². The molecule has 2 amide bonds. The van der Waals surface area contributed by atoms with E-state index in [1.165, 1.54) is 40.3 Å². The molecule has 0 aliphatic carbocycles. The molecule has 0 spiro atoms. The van der Waals surface area contributed by atoms with Crippen molar-refractivity contribution < 1.29 is 4.79 Å². The maximum atomic E-state index is 12.5. The highest BCUT2D eigenvalue weighted by molar-refractivity contribution is 8.01. The topological polar surface area (TPSA) is 129 Å². The molecule has 3 heterocycles. The van der Waals surface area contributed by atoms with Gasteiger partial charge in [-0.3, -0.25) is 19.2 Å².